The van der Waals surface area contributed by atoms with E-state index in [0.717, 1.165) is 6.07 Å². The summed E-state index contributed by atoms with van der Waals surface area (Å²) in [4.78, 5) is 0. The van der Waals surface area contributed by atoms with Crippen molar-refractivity contribution in [3.8, 4) is 0 Å². The van der Waals surface area contributed by atoms with Crippen molar-refractivity contribution in [3.63, 3.8) is 0 Å². The number of alkyl halides is 3. The van der Waals surface area contributed by atoms with Crippen molar-refractivity contribution in [1.29, 1.82) is 0 Å². The van der Waals surface area contributed by atoms with Gasteiger partial charge in [0.2, 0.25) is 0 Å². The lowest BCUT2D eigenvalue weighted by atomic mass is 10.1. The first kappa shape index (κ1) is 11.5. The normalized spacial score (nSPS) is 11.9. The second kappa shape index (κ2) is 3.88. The average molecular weight is 271 g/mol. The molecule has 6 heteroatoms. The lowest BCUT2D eigenvalue weighted by Crippen LogP contribution is -2.74. The molecule has 0 heterocycles. The number of nitrogens with two attached hydrogens (primary N) is 1. The van der Waals surface area contributed by atoms with Crippen LogP contribution in [0.1, 0.15) is 11.1 Å². The Morgan fingerprint density at radius 1 is 1.36 bits per heavy atom. The van der Waals surface area contributed by atoms with Crippen LogP contribution in [0.3, 0.4) is 0 Å². The fourth-order valence-electron chi connectivity index (χ4n) is 1.13. The van der Waals surface area contributed by atoms with Gasteiger partial charge in [-0.05, 0) is 13.0 Å². The predicted octanol–water partition coefficient (Wildman–Crippen LogP) is 2.36. The Morgan fingerprint density at radius 2 is 1.93 bits per heavy atom. The molecule has 0 fully saturated rings. The summed E-state index contributed by atoms with van der Waals surface area (Å²) in [5, 5.41) is 8.72. The number of hydrogen-bond donors (Lipinski definition) is 2. The fraction of sp³-hybridized carbons (Fsp3) is 0.250. The van der Waals surface area contributed by atoms with Crippen molar-refractivity contribution >= 4 is 21.6 Å². The molecule has 0 aliphatic carbocycles. The molecule has 0 aromatic heterocycles. The van der Waals surface area contributed by atoms with E-state index in [2.05, 4.69) is 15.9 Å². The van der Waals surface area contributed by atoms with E-state index in [-0.39, 0.29) is 15.7 Å². The van der Waals surface area contributed by atoms with E-state index in [4.69, 9.17) is 5.21 Å². The SMILES string of the molecule is Cc1c([NH2+]O)cc(Br)cc1C(F)(F)F. The van der Waals surface area contributed by atoms with Gasteiger partial charge in [0.1, 0.15) is 0 Å². The molecular weight excluding hydrogens is 263 g/mol. The first-order chi connectivity index (χ1) is 6.36. The molecule has 0 radical (unpaired) electrons. The highest BCUT2D eigenvalue weighted by Gasteiger charge is 2.34. The molecule has 3 N–H and O–H groups in total. The summed E-state index contributed by atoms with van der Waals surface area (Å²) in [6, 6.07) is 2.41. The van der Waals surface area contributed by atoms with Crippen LogP contribution in [0.2, 0.25) is 0 Å². The van der Waals surface area contributed by atoms with Crippen LogP contribution in [0, 0.1) is 6.92 Å². The van der Waals surface area contributed by atoms with Gasteiger partial charge in [-0.15, -0.1) is 0 Å². The third-order valence-electron chi connectivity index (χ3n) is 1.86. The fourth-order valence-corrected chi connectivity index (χ4v) is 1.60. The highest BCUT2D eigenvalue weighted by Crippen LogP contribution is 2.35. The van der Waals surface area contributed by atoms with Gasteiger partial charge >= 0.3 is 6.18 Å². The van der Waals surface area contributed by atoms with E-state index in [1.54, 1.807) is 0 Å². The number of hydrogen-bond acceptors (Lipinski definition) is 1. The molecule has 78 valence electrons. The summed E-state index contributed by atoms with van der Waals surface area (Å²) in [6.07, 6.45) is -4.40. The molecule has 0 bridgehead atoms. The van der Waals surface area contributed by atoms with Crippen LogP contribution >= 0.6 is 15.9 Å². The molecule has 0 saturated carbocycles. The Labute approximate surface area is 86.8 Å². The van der Waals surface area contributed by atoms with E-state index in [1.165, 1.54) is 13.0 Å². The number of benzene rings is 1. The van der Waals surface area contributed by atoms with Gasteiger partial charge < -0.3 is 0 Å². The van der Waals surface area contributed by atoms with Gasteiger partial charge in [0.05, 0.1) is 5.56 Å². The van der Waals surface area contributed by atoms with Crippen LogP contribution in [0.25, 0.3) is 0 Å². The third-order valence-corrected chi connectivity index (χ3v) is 2.31. The van der Waals surface area contributed by atoms with E-state index in [0.29, 0.717) is 5.48 Å². The Kier molecular flexibility index (Phi) is 3.18. The van der Waals surface area contributed by atoms with Crippen LogP contribution in [0.5, 0.6) is 0 Å². The summed E-state index contributed by atoms with van der Waals surface area (Å²) in [7, 11) is 0. The number of rotatable bonds is 1. The maximum Gasteiger partial charge on any atom is 0.416 e. The van der Waals surface area contributed by atoms with Crippen LogP contribution in [-0.2, 0) is 6.18 Å². The van der Waals surface area contributed by atoms with Gasteiger partial charge in [-0.25, -0.2) is 5.21 Å². The van der Waals surface area contributed by atoms with Gasteiger partial charge in [-0.1, -0.05) is 15.9 Å². The van der Waals surface area contributed by atoms with Crippen LogP contribution in [0.4, 0.5) is 18.9 Å². The van der Waals surface area contributed by atoms with E-state index in [9.17, 15) is 13.2 Å². The Balaban J connectivity index is 3.37. The first-order valence-electron chi connectivity index (χ1n) is 3.71. The Morgan fingerprint density at radius 3 is 2.36 bits per heavy atom. The molecule has 14 heavy (non-hydrogen) atoms. The molecule has 0 aliphatic rings. The van der Waals surface area contributed by atoms with Crippen molar-refractivity contribution in [2.24, 2.45) is 0 Å². The first-order valence-corrected chi connectivity index (χ1v) is 4.50. The Bertz CT molecular complexity index is 351. The highest BCUT2D eigenvalue weighted by molar-refractivity contribution is 9.10. The van der Waals surface area contributed by atoms with Gasteiger partial charge in [0.15, 0.2) is 5.69 Å². The molecule has 2 nitrogen and oxygen atoms in total. The smallest absolute Gasteiger partial charge is 0.215 e. The zero-order valence-corrected chi connectivity index (χ0v) is 8.78. The van der Waals surface area contributed by atoms with Crippen molar-refractivity contribution < 1.29 is 23.9 Å². The summed E-state index contributed by atoms with van der Waals surface area (Å²) in [5.41, 5.74) is 0.0945. The van der Waals surface area contributed by atoms with Crippen LogP contribution < -0.4 is 5.48 Å². The van der Waals surface area contributed by atoms with E-state index >= 15 is 0 Å². The van der Waals surface area contributed by atoms with Crippen LogP contribution in [-0.4, -0.2) is 5.21 Å². The molecule has 0 amide bonds. The monoisotopic (exact) mass is 270 g/mol. The summed E-state index contributed by atoms with van der Waals surface area (Å²) in [5.74, 6) is 0. The molecule has 1 rings (SSSR count). The van der Waals surface area contributed by atoms with Gasteiger partial charge in [-0.3, -0.25) is 0 Å². The standard InChI is InChI=1S/C8H7BrF3NO/c1-4-6(8(10,11)12)2-5(9)3-7(4)13-14/h2-3,13-14H,1H3/p+1. The zero-order chi connectivity index (χ0) is 10.9. The molecule has 0 saturated heterocycles. The second-order valence-corrected chi connectivity index (χ2v) is 3.71. The minimum absolute atomic E-state index is 0.0169. The molecule has 0 atom stereocenters. The van der Waals surface area contributed by atoms with E-state index in [1.807, 2.05) is 0 Å². The molecule has 1 aromatic rings. The summed E-state index contributed by atoms with van der Waals surface area (Å²) in [6.45, 7) is 1.32. The zero-order valence-electron chi connectivity index (χ0n) is 7.19. The largest absolute Gasteiger partial charge is 0.416 e. The van der Waals surface area contributed by atoms with Crippen molar-refractivity contribution in [1.82, 2.24) is 0 Å². The second-order valence-electron chi connectivity index (χ2n) is 2.79. The van der Waals surface area contributed by atoms with Crippen molar-refractivity contribution in [2.45, 2.75) is 13.1 Å². The van der Waals surface area contributed by atoms with E-state index < -0.39 is 11.7 Å². The highest BCUT2D eigenvalue weighted by atomic mass is 79.9. The van der Waals surface area contributed by atoms with Gasteiger partial charge in [0, 0.05) is 16.1 Å². The summed E-state index contributed by atoms with van der Waals surface area (Å²) >= 11 is 2.95. The maximum atomic E-state index is 12.4. The number of halogens is 4. The lowest BCUT2D eigenvalue weighted by molar-refractivity contribution is -0.826. The third kappa shape index (κ3) is 2.26. The number of quaternary nitrogens is 1. The Hall–Kier alpha value is -0.590. The molecule has 0 unspecified atom stereocenters. The summed E-state index contributed by atoms with van der Waals surface area (Å²) < 4.78 is 37.6. The molecular formula is C8H8BrF3NO+. The minimum atomic E-state index is -4.40. The topological polar surface area (TPSA) is 36.8 Å². The quantitative estimate of drug-likeness (QED) is 0.597. The van der Waals surface area contributed by atoms with Gasteiger partial charge in [0.25, 0.3) is 0 Å². The van der Waals surface area contributed by atoms with Gasteiger partial charge in [-0.2, -0.15) is 18.7 Å². The molecule has 0 aliphatic heterocycles. The lowest BCUT2D eigenvalue weighted by Gasteiger charge is -2.11. The van der Waals surface area contributed by atoms with Crippen LogP contribution in [0.15, 0.2) is 16.6 Å². The average Bonchev–Trinajstić information content (AvgIpc) is 2.06. The molecule has 1 aromatic carbocycles. The predicted molar refractivity (Wildman–Crippen MR) is 47.3 cm³/mol. The van der Waals surface area contributed by atoms with Crippen molar-refractivity contribution in [2.75, 3.05) is 0 Å². The molecule has 0 spiro atoms. The minimum Gasteiger partial charge on any atom is -0.215 e. The van der Waals surface area contributed by atoms with Crippen molar-refractivity contribution in [3.05, 3.63) is 27.7 Å². The maximum absolute atomic E-state index is 12.4.